The summed E-state index contributed by atoms with van der Waals surface area (Å²) in [6.45, 7) is 5.83. The van der Waals surface area contributed by atoms with E-state index in [0.717, 1.165) is 6.07 Å². The van der Waals surface area contributed by atoms with Crippen molar-refractivity contribution in [2.75, 3.05) is 18.1 Å². The zero-order chi connectivity index (χ0) is 14.4. The molecule has 0 aromatic heterocycles. The molecule has 0 aliphatic heterocycles. The lowest BCUT2D eigenvalue weighted by Crippen LogP contribution is -2.36. The summed E-state index contributed by atoms with van der Waals surface area (Å²) in [5.41, 5.74) is 0.726. The predicted molar refractivity (Wildman–Crippen MR) is 70.2 cm³/mol. The van der Waals surface area contributed by atoms with E-state index in [1.807, 2.05) is 19.9 Å². The lowest BCUT2D eigenvalue weighted by molar-refractivity contribution is -0.141. The van der Waals surface area contributed by atoms with Crippen LogP contribution in [-0.4, -0.2) is 25.2 Å². The first kappa shape index (κ1) is 15.0. The van der Waals surface area contributed by atoms with Gasteiger partial charge in [0.05, 0.1) is 18.2 Å². The molecule has 4 nitrogen and oxygen atoms in total. The number of carbonyl (C=O) groups excluding carboxylic acids is 1. The topological polar surface area (TPSA) is 53.3 Å². The van der Waals surface area contributed by atoms with E-state index in [-0.39, 0.29) is 24.1 Å². The molecule has 0 N–H and O–H groups in total. The highest BCUT2D eigenvalue weighted by Crippen LogP contribution is 2.20. The summed E-state index contributed by atoms with van der Waals surface area (Å²) in [5.74, 6) is -0.873. The normalized spacial score (nSPS) is 10.1. The van der Waals surface area contributed by atoms with Crippen molar-refractivity contribution in [2.45, 2.75) is 26.8 Å². The first-order chi connectivity index (χ1) is 8.97. The molecule has 0 aliphatic rings. The van der Waals surface area contributed by atoms with E-state index in [9.17, 15) is 9.18 Å². The van der Waals surface area contributed by atoms with Gasteiger partial charge < -0.3 is 9.64 Å². The number of anilines is 1. The van der Waals surface area contributed by atoms with Gasteiger partial charge >= 0.3 is 5.97 Å². The Balaban J connectivity index is 3.03. The van der Waals surface area contributed by atoms with Gasteiger partial charge in [0, 0.05) is 11.7 Å². The quantitative estimate of drug-likeness (QED) is 0.767. The second-order valence-electron chi connectivity index (χ2n) is 4.34. The van der Waals surface area contributed by atoms with Crippen LogP contribution in [0.1, 0.15) is 26.3 Å². The third-order valence-corrected chi connectivity index (χ3v) is 2.57. The molecule has 0 aliphatic carbocycles. The van der Waals surface area contributed by atoms with Crippen LogP contribution in [0, 0.1) is 17.1 Å². The maximum Gasteiger partial charge on any atom is 0.325 e. The number of benzene rings is 1. The van der Waals surface area contributed by atoms with Crippen molar-refractivity contribution < 1.29 is 13.9 Å². The first-order valence-electron chi connectivity index (χ1n) is 6.10. The third-order valence-electron chi connectivity index (χ3n) is 2.57. The molecule has 1 aromatic rings. The van der Waals surface area contributed by atoms with Crippen molar-refractivity contribution in [3.05, 3.63) is 29.6 Å². The lowest BCUT2D eigenvalue weighted by Gasteiger charge is -2.28. The van der Waals surface area contributed by atoms with Gasteiger partial charge in [0.2, 0.25) is 0 Å². The van der Waals surface area contributed by atoms with Crippen LogP contribution in [0.5, 0.6) is 0 Å². The number of nitrogens with zero attached hydrogens (tertiary/aromatic N) is 2. The van der Waals surface area contributed by atoms with Crippen molar-refractivity contribution in [3.8, 4) is 6.07 Å². The summed E-state index contributed by atoms with van der Waals surface area (Å²) < 4.78 is 18.3. The molecular formula is C14H17FN2O2. The van der Waals surface area contributed by atoms with Crippen LogP contribution < -0.4 is 4.90 Å². The summed E-state index contributed by atoms with van der Waals surface area (Å²) in [5, 5.41) is 8.85. The van der Waals surface area contributed by atoms with Crippen molar-refractivity contribution in [1.82, 2.24) is 0 Å². The molecule has 1 aromatic carbocycles. The Morgan fingerprint density at radius 1 is 1.47 bits per heavy atom. The van der Waals surface area contributed by atoms with E-state index in [2.05, 4.69) is 0 Å². The second-order valence-corrected chi connectivity index (χ2v) is 4.34. The van der Waals surface area contributed by atoms with E-state index in [1.54, 1.807) is 17.9 Å². The standard InChI is InChI=1S/C14H17FN2O2/c1-4-19-14(18)9-17(10(2)3)13-6-11(8-16)5-12(15)7-13/h5-7,10H,4,9H2,1-3H3. The molecule has 1 rings (SSSR count). The minimum absolute atomic E-state index is 0.0160. The Hall–Kier alpha value is -2.09. The number of rotatable bonds is 5. The van der Waals surface area contributed by atoms with Crippen LogP contribution in [0.4, 0.5) is 10.1 Å². The largest absolute Gasteiger partial charge is 0.465 e. The number of hydrogen-bond acceptors (Lipinski definition) is 4. The highest BCUT2D eigenvalue weighted by Gasteiger charge is 2.17. The minimum Gasteiger partial charge on any atom is -0.465 e. The van der Waals surface area contributed by atoms with Crippen LogP contribution in [0.3, 0.4) is 0 Å². The predicted octanol–water partition coefficient (Wildman–Crippen LogP) is 2.48. The summed E-state index contributed by atoms with van der Waals surface area (Å²) in [4.78, 5) is 13.2. The summed E-state index contributed by atoms with van der Waals surface area (Å²) in [7, 11) is 0. The van der Waals surface area contributed by atoms with Gasteiger partial charge in [0.1, 0.15) is 12.4 Å². The Labute approximate surface area is 112 Å². The van der Waals surface area contributed by atoms with E-state index >= 15 is 0 Å². The molecule has 19 heavy (non-hydrogen) atoms. The van der Waals surface area contributed by atoms with E-state index < -0.39 is 5.82 Å². The molecule has 0 radical (unpaired) electrons. The molecule has 0 saturated carbocycles. The molecule has 0 unspecified atom stereocenters. The van der Waals surface area contributed by atoms with E-state index in [1.165, 1.54) is 6.07 Å². The van der Waals surface area contributed by atoms with Crippen LogP contribution >= 0.6 is 0 Å². The molecule has 0 spiro atoms. The van der Waals surface area contributed by atoms with Crippen LogP contribution in [0.15, 0.2) is 18.2 Å². The Bertz CT molecular complexity index is 495. The van der Waals surface area contributed by atoms with Gasteiger partial charge in [-0.1, -0.05) is 0 Å². The number of carbonyl (C=O) groups is 1. The van der Waals surface area contributed by atoms with E-state index in [0.29, 0.717) is 12.3 Å². The van der Waals surface area contributed by atoms with Crippen molar-refractivity contribution in [3.63, 3.8) is 0 Å². The van der Waals surface area contributed by atoms with Gasteiger partial charge in [0.15, 0.2) is 0 Å². The van der Waals surface area contributed by atoms with Gasteiger partial charge in [-0.05, 0) is 39.0 Å². The number of esters is 1. The third kappa shape index (κ3) is 4.25. The fraction of sp³-hybridized carbons (Fsp3) is 0.429. The Morgan fingerprint density at radius 2 is 2.16 bits per heavy atom. The van der Waals surface area contributed by atoms with Gasteiger partial charge in [0.25, 0.3) is 0 Å². The van der Waals surface area contributed by atoms with Crippen LogP contribution in [0.25, 0.3) is 0 Å². The summed E-state index contributed by atoms with van der Waals surface area (Å²) >= 11 is 0. The van der Waals surface area contributed by atoms with Gasteiger partial charge in [-0.15, -0.1) is 0 Å². The van der Waals surface area contributed by atoms with Crippen molar-refractivity contribution in [1.29, 1.82) is 5.26 Å². The number of halogens is 1. The lowest BCUT2D eigenvalue weighted by atomic mass is 10.1. The smallest absolute Gasteiger partial charge is 0.325 e. The SMILES string of the molecule is CCOC(=O)CN(c1cc(F)cc(C#N)c1)C(C)C. The zero-order valence-electron chi connectivity index (χ0n) is 11.3. The zero-order valence-corrected chi connectivity index (χ0v) is 11.3. The highest BCUT2D eigenvalue weighted by atomic mass is 19.1. The Morgan fingerprint density at radius 3 is 2.68 bits per heavy atom. The second kappa shape index (κ2) is 6.74. The van der Waals surface area contributed by atoms with Gasteiger partial charge in [-0.3, -0.25) is 4.79 Å². The number of hydrogen-bond donors (Lipinski definition) is 0. The highest BCUT2D eigenvalue weighted by molar-refractivity contribution is 5.76. The fourth-order valence-corrected chi connectivity index (χ4v) is 1.72. The van der Waals surface area contributed by atoms with E-state index in [4.69, 9.17) is 10.00 Å². The monoisotopic (exact) mass is 264 g/mol. The number of nitriles is 1. The molecular weight excluding hydrogens is 247 g/mol. The molecule has 0 fully saturated rings. The average molecular weight is 264 g/mol. The van der Waals surface area contributed by atoms with Gasteiger partial charge in [-0.25, -0.2) is 4.39 Å². The van der Waals surface area contributed by atoms with Crippen molar-refractivity contribution in [2.24, 2.45) is 0 Å². The molecule has 102 valence electrons. The summed E-state index contributed by atoms with van der Waals surface area (Å²) in [6, 6.07) is 5.90. The molecule has 0 amide bonds. The fourth-order valence-electron chi connectivity index (χ4n) is 1.72. The molecule has 5 heteroatoms. The molecule has 0 heterocycles. The molecule has 0 saturated heterocycles. The van der Waals surface area contributed by atoms with Crippen molar-refractivity contribution >= 4 is 11.7 Å². The van der Waals surface area contributed by atoms with Gasteiger partial charge in [-0.2, -0.15) is 5.26 Å². The first-order valence-corrected chi connectivity index (χ1v) is 6.10. The minimum atomic E-state index is -0.497. The number of ether oxygens (including phenoxy) is 1. The molecule has 0 bridgehead atoms. The maximum atomic E-state index is 13.4. The van der Waals surface area contributed by atoms with Crippen LogP contribution in [-0.2, 0) is 9.53 Å². The maximum absolute atomic E-state index is 13.4. The Kier molecular flexibility index (Phi) is 5.31. The molecule has 0 atom stereocenters. The van der Waals surface area contributed by atoms with Crippen LogP contribution in [0.2, 0.25) is 0 Å². The summed E-state index contributed by atoms with van der Waals surface area (Å²) in [6.07, 6.45) is 0. The average Bonchev–Trinajstić information content (AvgIpc) is 2.35.